The molecule has 0 atom stereocenters. The van der Waals surface area contributed by atoms with Crippen molar-refractivity contribution in [3.05, 3.63) is 65.5 Å². The number of benzene rings is 2. The summed E-state index contributed by atoms with van der Waals surface area (Å²) >= 11 is 0. The van der Waals surface area contributed by atoms with Crippen molar-refractivity contribution in [3.8, 4) is 11.3 Å². The van der Waals surface area contributed by atoms with Crippen LogP contribution in [0.25, 0.3) is 22.2 Å². The first-order chi connectivity index (χ1) is 18.3. The minimum absolute atomic E-state index is 0.188. The topological polar surface area (TPSA) is 51.7 Å². The number of aromatic nitrogens is 1. The molecule has 0 radical (unpaired) electrons. The van der Waals surface area contributed by atoms with Crippen LogP contribution in [0.5, 0.6) is 0 Å². The number of fused-ring (bicyclic) bond motifs is 1. The predicted octanol–water partition coefficient (Wildman–Crippen LogP) is 4.54. The van der Waals surface area contributed by atoms with Crippen LogP contribution in [0.2, 0.25) is 25.2 Å². The Bertz CT molecular complexity index is 1260. The molecule has 2 saturated heterocycles. The van der Waals surface area contributed by atoms with Crippen LogP contribution < -0.4 is 5.32 Å². The number of likely N-dealkylation sites (N-methyl/N-ethyl adjacent to an activating group) is 1. The first-order valence-electron chi connectivity index (χ1n) is 13.9. The van der Waals surface area contributed by atoms with E-state index in [-0.39, 0.29) is 11.7 Å². The lowest BCUT2D eigenvalue weighted by atomic mass is 10.0. The van der Waals surface area contributed by atoms with Crippen molar-refractivity contribution >= 4 is 24.9 Å². The molecule has 8 heteroatoms. The summed E-state index contributed by atoms with van der Waals surface area (Å²) in [5, 5.41) is 3.60. The van der Waals surface area contributed by atoms with Crippen LogP contribution in [0.1, 0.15) is 15.9 Å². The van der Waals surface area contributed by atoms with Gasteiger partial charge in [-0.3, -0.25) is 14.6 Å². The Morgan fingerprint density at radius 2 is 1.66 bits per heavy atom. The second-order valence-electron chi connectivity index (χ2n) is 11.8. The van der Waals surface area contributed by atoms with Crippen LogP contribution in [0.15, 0.2) is 48.5 Å². The largest absolute Gasteiger partial charge is 0.351 e. The molecule has 6 nitrogen and oxygen atoms in total. The van der Waals surface area contributed by atoms with Gasteiger partial charge in [-0.05, 0) is 62.1 Å². The lowest BCUT2D eigenvalue weighted by Crippen LogP contribution is -2.46. The van der Waals surface area contributed by atoms with Crippen LogP contribution in [-0.2, 0) is 6.54 Å². The zero-order valence-corrected chi connectivity index (χ0v) is 24.0. The van der Waals surface area contributed by atoms with E-state index in [0.717, 1.165) is 50.5 Å². The second-order valence-corrected chi connectivity index (χ2v) is 17.1. The maximum atomic E-state index is 14.1. The summed E-state index contributed by atoms with van der Waals surface area (Å²) in [7, 11) is 1.16. The molecule has 2 aliphatic rings. The number of carbonyl (C=O) groups excluding carboxylic acids is 1. The molecule has 1 amide bonds. The highest BCUT2D eigenvalue weighted by Gasteiger charge is 2.27. The number of hydrogen-bond donors (Lipinski definition) is 1. The molecule has 3 aromatic rings. The summed E-state index contributed by atoms with van der Waals surface area (Å²) in [6, 6.07) is 17.5. The zero-order chi connectivity index (χ0) is 26.7. The van der Waals surface area contributed by atoms with E-state index in [4.69, 9.17) is 4.98 Å². The zero-order valence-electron chi connectivity index (χ0n) is 23.0. The van der Waals surface area contributed by atoms with Crippen molar-refractivity contribution in [2.24, 2.45) is 0 Å². The molecule has 202 valence electrons. The third-order valence-corrected chi connectivity index (χ3v) is 11.3. The number of nitrogens with one attached hydrogen (secondary N) is 1. The lowest BCUT2D eigenvalue weighted by Gasteiger charge is -2.35. The van der Waals surface area contributed by atoms with Crippen LogP contribution in [-0.4, -0.2) is 93.1 Å². The number of rotatable bonds is 7. The van der Waals surface area contributed by atoms with Gasteiger partial charge in [0.1, 0.15) is 5.82 Å². The first-order valence-corrected chi connectivity index (χ1v) is 17.3. The molecule has 0 aliphatic carbocycles. The third kappa shape index (κ3) is 6.67. The van der Waals surface area contributed by atoms with Crippen molar-refractivity contribution in [1.82, 2.24) is 25.0 Å². The summed E-state index contributed by atoms with van der Waals surface area (Å²) in [5.74, 6) is -0.557. The summed E-state index contributed by atoms with van der Waals surface area (Å²) in [5.41, 5.74) is 4.06. The molecule has 2 aromatic carbocycles. The Morgan fingerprint density at radius 1 is 0.947 bits per heavy atom. The van der Waals surface area contributed by atoms with Crippen LogP contribution in [0.3, 0.4) is 0 Å². The van der Waals surface area contributed by atoms with Gasteiger partial charge in [0.15, 0.2) is 0 Å². The van der Waals surface area contributed by atoms with Gasteiger partial charge >= 0.3 is 0 Å². The number of halogens is 1. The van der Waals surface area contributed by atoms with Gasteiger partial charge < -0.3 is 10.2 Å². The Morgan fingerprint density at radius 3 is 2.37 bits per heavy atom. The number of amides is 1. The SMILES string of the molecule is CN1CCN(CCNC(=O)c2cc(-c3ccc(CN4CC[Si](C)(C)CC4)cc3)nc3ccc(F)cc23)CC1. The van der Waals surface area contributed by atoms with Gasteiger partial charge in [-0.2, -0.15) is 0 Å². The minimum atomic E-state index is -0.974. The molecular formula is C30H40FN5OSi. The number of hydrogen-bond acceptors (Lipinski definition) is 5. The van der Waals surface area contributed by atoms with Crippen molar-refractivity contribution in [3.63, 3.8) is 0 Å². The smallest absolute Gasteiger partial charge is 0.252 e. The average Bonchev–Trinajstić information content (AvgIpc) is 2.91. The van der Waals surface area contributed by atoms with E-state index in [1.807, 2.05) is 0 Å². The van der Waals surface area contributed by atoms with E-state index < -0.39 is 8.07 Å². The van der Waals surface area contributed by atoms with Gasteiger partial charge in [0.2, 0.25) is 0 Å². The summed E-state index contributed by atoms with van der Waals surface area (Å²) < 4.78 is 14.1. The molecule has 0 saturated carbocycles. The Labute approximate surface area is 226 Å². The highest BCUT2D eigenvalue weighted by Crippen LogP contribution is 2.27. The van der Waals surface area contributed by atoms with Gasteiger partial charge in [0.05, 0.1) is 16.8 Å². The predicted molar refractivity (Wildman–Crippen MR) is 156 cm³/mol. The maximum Gasteiger partial charge on any atom is 0.252 e. The normalized spacial score (nSPS) is 19.1. The van der Waals surface area contributed by atoms with E-state index in [9.17, 15) is 9.18 Å². The number of carbonyl (C=O) groups is 1. The molecule has 0 unspecified atom stereocenters. The van der Waals surface area contributed by atoms with Crippen LogP contribution >= 0.6 is 0 Å². The Kier molecular flexibility index (Phi) is 8.23. The second kappa shape index (κ2) is 11.6. The van der Waals surface area contributed by atoms with Gasteiger partial charge in [-0.25, -0.2) is 9.37 Å². The van der Waals surface area contributed by atoms with E-state index >= 15 is 0 Å². The molecule has 0 bridgehead atoms. The standard InChI is InChI=1S/C30H40FN5OSi/c1-34-12-14-35(15-13-34)11-10-32-30(37)27-21-29(33-28-9-8-25(31)20-26(27)28)24-6-4-23(5-7-24)22-36-16-18-38(2,3)19-17-36/h4-9,20-21H,10-19,22H2,1-3H3,(H,32,37). The molecule has 5 rings (SSSR count). The monoisotopic (exact) mass is 533 g/mol. The van der Waals surface area contributed by atoms with Gasteiger partial charge in [-0.1, -0.05) is 37.4 Å². The first kappa shape index (κ1) is 26.9. The van der Waals surface area contributed by atoms with Crippen molar-refractivity contribution in [2.75, 3.05) is 59.4 Å². The van der Waals surface area contributed by atoms with Crippen LogP contribution in [0, 0.1) is 5.82 Å². The van der Waals surface area contributed by atoms with E-state index in [2.05, 4.69) is 64.4 Å². The fourth-order valence-corrected chi connectivity index (χ4v) is 7.48. The Hall–Kier alpha value is -2.65. The average molecular weight is 534 g/mol. The molecule has 2 fully saturated rings. The summed E-state index contributed by atoms with van der Waals surface area (Å²) in [6.07, 6.45) is 0. The highest BCUT2D eigenvalue weighted by molar-refractivity contribution is 6.77. The maximum absolute atomic E-state index is 14.1. The van der Waals surface area contributed by atoms with E-state index in [1.54, 1.807) is 12.1 Å². The fourth-order valence-electron chi connectivity index (χ4n) is 5.38. The molecule has 1 aromatic heterocycles. The van der Waals surface area contributed by atoms with Gasteiger partial charge in [-0.15, -0.1) is 0 Å². The lowest BCUT2D eigenvalue weighted by molar-refractivity contribution is 0.0942. The molecule has 38 heavy (non-hydrogen) atoms. The van der Waals surface area contributed by atoms with E-state index in [1.165, 1.54) is 42.9 Å². The number of piperazine rings is 1. The van der Waals surface area contributed by atoms with Crippen molar-refractivity contribution in [2.45, 2.75) is 31.7 Å². The minimum Gasteiger partial charge on any atom is -0.351 e. The van der Waals surface area contributed by atoms with Crippen molar-refractivity contribution < 1.29 is 9.18 Å². The quantitative estimate of drug-likeness (QED) is 0.452. The van der Waals surface area contributed by atoms with Gasteiger partial charge in [0, 0.05) is 64.8 Å². The third-order valence-electron chi connectivity index (χ3n) is 8.19. The fraction of sp³-hybridized carbons (Fsp3) is 0.467. The van der Waals surface area contributed by atoms with Gasteiger partial charge in [0.25, 0.3) is 5.91 Å². The molecule has 3 heterocycles. The van der Waals surface area contributed by atoms with E-state index in [0.29, 0.717) is 23.0 Å². The number of pyridine rings is 1. The Balaban J connectivity index is 1.30. The molecule has 1 N–H and O–H groups in total. The molecule has 0 spiro atoms. The molecular weight excluding hydrogens is 493 g/mol. The number of nitrogens with zero attached hydrogens (tertiary/aromatic N) is 4. The highest BCUT2D eigenvalue weighted by atomic mass is 28.3. The summed E-state index contributed by atoms with van der Waals surface area (Å²) in [6.45, 7) is 13.8. The molecule has 2 aliphatic heterocycles. The van der Waals surface area contributed by atoms with Crippen LogP contribution in [0.4, 0.5) is 4.39 Å². The van der Waals surface area contributed by atoms with Crippen molar-refractivity contribution in [1.29, 1.82) is 0 Å². The summed E-state index contributed by atoms with van der Waals surface area (Å²) in [4.78, 5) is 25.3.